The zero-order chi connectivity index (χ0) is 11.8. The Labute approximate surface area is 97.1 Å². The van der Waals surface area contributed by atoms with Crippen LogP contribution < -0.4 is 0 Å². The summed E-state index contributed by atoms with van der Waals surface area (Å²) < 4.78 is 0. The van der Waals surface area contributed by atoms with Crippen molar-refractivity contribution in [1.82, 2.24) is 0 Å². The molecule has 1 saturated carbocycles. The van der Waals surface area contributed by atoms with E-state index in [0.29, 0.717) is 11.1 Å². The third-order valence-corrected chi connectivity index (χ3v) is 4.01. The molecule has 0 bridgehead atoms. The molecule has 1 spiro atoms. The van der Waals surface area contributed by atoms with E-state index in [9.17, 15) is 14.4 Å². The summed E-state index contributed by atoms with van der Waals surface area (Å²) in [5.74, 6) is -0.487. The second kappa shape index (κ2) is 2.45. The van der Waals surface area contributed by atoms with Crippen molar-refractivity contribution in [2.75, 3.05) is 0 Å². The van der Waals surface area contributed by atoms with Gasteiger partial charge in [-0.15, -0.1) is 0 Å². The highest BCUT2D eigenvalue weighted by Gasteiger charge is 2.71. The Hall–Kier alpha value is -2.03. The molecule has 0 heterocycles. The molecule has 3 aliphatic carbocycles. The van der Waals surface area contributed by atoms with Gasteiger partial charge >= 0.3 is 0 Å². The Morgan fingerprint density at radius 2 is 1.59 bits per heavy atom. The average Bonchev–Trinajstić information content (AvgIpc) is 2.94. The minimum atomic E-state index is -1.11. The van der Waals surface area contributed by atoms with E-state index >= 15 is 0 Å². The zero-order valence-corrected chi connectivity index (χ0v) is 8.95. The van der Waals surface area contributed by atoms with Gasteiger partial charge in [-0.2, -0.15) is 0 Å². The van der Waals surface area contributed by atoms with Gasteiger partial charge in [0.25, 0.3) is 0 Å². The van der Waals surface area contributed by atoms with Gasteiger partial charge < -0.3 is 0 Å². The highest BCUT2D eigenvalue weighted by atomic mass is 16.2. The summed E-state index contributed by atoms with van der Waals surface area (Å²) in [4.78, 5) is 35.8. The lowest BCUT2D eigenvalue weighted by Gasteiger charge is -2.20. The average molecular weight is 224 g/mol. The van der Waals surface area contributed by atoms with Gasteiger partial charge in [0, 0.05) is 12.0 Å². The Morgan fingerprint density at radius 1 is 0.882 bits per heavy atom. The van der Waals surface area contributed by atoms with E-state index in [1.165, 1.54) is 0 Å². The number of Topliss-reactive ketones (excluding diaryl/α,β-unsaturated/α-hetero) is 3. The molecular formula is C14H8O3. The summed E-state index contributed by atoms with van der Waals surface area (Å²) in [7, 11) is 0. The predicted molar refractivity (Wildman–Crippen MR) is 59.1 cm³/mol. The summed E-state index contributed by atoms with van der Waals surface area (Å²) >= 11 is 0. The number of allylic oxidation sites excluding steroid dienone is 2. The third-order valence-electron chi connectivity index (χ3n) is 4.01. The molecule has 3 heteroatoms. The molecule has 3 nitrogen and oxygen atoms in total. The van der Waals surface area contributed by atoms with E-state index in [0.717, 1.165) is 11.1 Å². The van der Waals surface area contributed by atoms with Crippen LogP contribution in [0.2, 0.25) is 0 Å². The first-order chi connectivity index (χ1) is 8.17. The maximum atomic E-state index is 12.1. The fourth-order valence-corrected chi connectivity index (χ4v) is 3.27. The number of ketones is 3. The number of benzene rings is 1. The quantitative estimate of drug-likeness (QED) is 0.620. The number of rotatable bonds is 0. The van der Waals surface area contributed by atoms with Gasteiger partial charge in [0.15, 0.2) is 17.3 Å². The van der Waals surface area contributed by atoms with Crippen LogP contribution in [0, 0.1) is 5.41 Å². The first-order valence-corrected chi connectivity index (χ1v) is 5.60. The monoisotopic (exact) mass is 224 g/mol. The van der Waals surface area contributed by atoms with Crippen molar-refractivity contribution in [3.8, 4) is 0 Å². The number of fused-ring (bicyclic) bond motifs is 2. The van der Waals surface area contributed by atoms with Crippen LogP contribution >= 0.6 is 0 Å². The van der Waals surface area contributed by atoms with Crippen LogP contribution in [0.3, 0.4) is 0 Å². The van der Waals surface area contributed by atoms with Crippen LogP contribution in [0.5, 0.6) is 0 Å². The summed E-state index contributed by atoms with van der Waals surface area (Å²) in [6, 6.07) is 7.53. The summed E-state index contributed by atoms with van der Waals surface area (Å²) in [6.45, 7) is 0. The van der Waals surface area contributed by atoms with Crippen molar-refractivity contribution in [2.45, 2.75) is 12.8 Å². The minimum Gasteiger partial charge on any atom is -0.297 e. The molecule has 0 N–H and O–H groups in total. The molecule has 4 rings (SSSR count). The van der Waals surface area contributed by atoms with Crippen molar-refractivity contribution >= 4 is 22.9 Å². The van der Waals surface area contributed by atoms with Gasteiger partial charge in [-0.05, 0) is 16.7 Å². The smallest absolute Gasteiger partial charge is 0.168 e. The van der Waals surface area contributed by atoms with E-state index in [2.05, 4.69) is 0 Å². The molecule has 0 amide bonds. The maximum absolute atomic E-state index is 12.1. The molecule has 17 heavy (non-hydrogen) atoms. The van der Waals surface area contributed by atoms with E-state index in [1.54, 1.807) is 0 Å². The summed E-state index contributed by atoms with van der Waals surface area (Å²) in [5.41, 5.74) is 1.93. The van der Waals surface area contributed by atoms with Crippen molar-refractivity contribution in [2.24, 2.45) is 5.41 Å². The van der Waals surface area contributed by atoms with E-state index in [4.69, 9.17) is 0 Å². The highest BCUT2D eigenvalue weighted by Crippen LogP contribution is 2.67. The van der Waals surface area contributed by atoms with Crippen LogP contribution in [0.15, 0.2) is 29.8 Å². The Balaban J connectivity index is 2.04. The van der Waals surface area contributed by atoms with Crippen molar-refractivity contribution in [1.29, 1.82) is 0 Å². The molecule has 1 fully saturated rings. The number of carbonyl (C=O) groups is 3. The van der Waals surface area contributed by atoms with Crippen LogP contribution in [-0.2, 0) is 20.8 Å². The molecule has 1 unspecified atom stereocenters. The fraction of sp³-hybridized carbons (Fsp3) is 0.214. The predicted octanol–water partition coefficient (Wildman–Crippen LogP) is 1.11. The third kappa shape index (κ3) is 0.770. The number of carbonyl (C=O) groups excluding carboxylic acids is 3. The first kappa shape index (κ1) is 9.05. The number of hydrogen-bond acceptors (Lipinski definition) is 3. The topological polar surface area (TPSA) is 51.2 Å². The molecule has 1 aromatic rings. The molecular weight excluding hydrogens is 216 g/mol. The molecule has 0 aromatic heterocycles. The second-order valence-electron chi connectivity index (χ2n) is 4.78. The lowest BCUT2D eigenvalue weighted by Crippen LogP contribution is -2.31. The molecule has 0 saturated heterocycles. The fourth-order valence-electron chi connectivity index (χ4n) is 3.27. The van der Waals surface area contributed by atoms with E-state index in [-0.39, 0.29) is 30.2 Å². The van der Waals surface area contributed by atoms with Crippen LogP contribution in [-0.4, -0.2) is 17.3 Å². The van der Waals surface area contributed by atoms with Crippen LogP contribution in [0.25, 0.3) is 5.57 Å². The van der Waals surface area contributed by atoms with Crippen LogP contribution in [0.4, 0.5) is 0 Å². The molecule has 3 aliphatic rings. The van der Waals surface area contributed by atoms with Crippen molar-refractivity contribution in [3.05, 3.63) is 41.0 Å². The zero-order valence-electron chi connectivity index (χ0n) is 8.95. The van der Waals surface area contributed by atoms with Crippen LogP contribution in [0.1, 0.15) is 17.5 Å². The van der Waals surface area contributed by atoms with Gasteiger partial charge in [0.1, 0.15) is 5.41 Å². The Morgan fingerprint density at radius 3 is 2.41 bits per heavy atom. The summed E-state index contributed by atoms with van der Waals surface area (Å²) in [6.07, 6.45) is 0.176. The molecule has 82 valence electrons. The summed E-state index contributed by atoms with van der Waals surface area (Å²) in [5, 5.41) is 0. The number of hydrogen-bond donors (Lipinski definition) is 0. The minimum absolute atomic E-state index is 0.0905. The van der Waals surface area contributed by atoms with Gasteiger partial charge in [-0.1, -0.05) is 24.3 Å². The molecule has 0 aliphatic heterocycles. The standard InChI is InChI=1S/C14H8O3/c15-9-6-11(17)14-10(16)5-7-3-1-2-4-8(7)12(14)13(9)14/h1-4H,5-6H2. The lowest BCUT2D eigenvalue weighted by molar-refractivity contribution is -0.131. The van der Waals surface area contributed by atoms with Crippen molar-refractivity contribution in [3.63, 3.8) is 0 Å². The Kier molecular flexibility index (Phi) is 1.30. The SMILES string of the molecule is O=C1CC(=O)C23C(=O)Cc4ccccc4C2=C13. The molecule has 0 radical (unpaired) electrons. The Bertz CT molecular complexity index is 666. The van der Waals surface area contributed by atoms with E-state index < -0.39 is 5.41 Å². The lowest BCUT2D eigenvalue weighted by atomic mass is 9.78. The van der Waals surface area contributed by atoms with Crippen molar-refractivity contribution < 1.29 is 14.4 Å². The molecule has 1 aromatic carbocycles. The second-order valence-corrected chi connectivity index (χ2v) is 4.78. The van der Waals surface area contributed by atoms with Gasteiger partial charge in [-0.25, -0.2) is 0 Å². The van der Waals surface area contributed by atoms with E-state index in [1.807, 2.05) is 24.3 Å². The highest BCUT2D eigenvalue weighted by molar-refractivity contribution is 6.46. The van der Waals surface area contributed by atoms with Gasteiger partial charge in [0.05, 0.1) is 6.42 Å². The first-order valence-electron chi connectivity index (χ1n) is 5.60. The largest absolute Gasteiger partial charge is 0.297 e. The van der Waals surface area contributed by atoms with Gasteiger partial charge in [-0.3, -0.25) is 14.4 Å². The normalized spacial score (nSPS) is 29.1. The maximum Gasteiger partial charge on any atom is 0.168 e. The molecule has 1 atom stereocenters. The van der Waals surface area contributed by atoms with Gasteiger partial charge in [0.2, 0.25) is 0 Å².